The summed E-state index contributed by atoms with van der Waals surface area (Å²) in [4.78, 5) is 4.74. The van der Waals surface area contributed by atoms with Crippen molar-refractivity contribution in [3.05, 3.63) is 71.9 Å². The molecule has 0 radical (unpaired) electrons. The van der Waals surface area contributed by atoms with Crippen molar-refractivity contribution in [1.29, 1.82) is 5.26 Å². The number of rotatable bonds is 5. The van der Waals surface area contributed by atoms with Gasteiger partial charge in [0.15, 0.2) is 0 Å². The summed E-state index contributed by atoms with van der Waals surface area (Å²) in [5, 5.41) is 18.9. The lowest BCUT2D eigenvalue weighted by molar-refractivity contribution is 0.516. The van der Waals surface area contributed by atoms with Crippen LogP contribution in [0.2, 0.25) is 0 Å². The number of nitrogens with one attached hydrogen (secondary N) is 1. The summed E-state index contributed by atoms with van der Waals surface area (Å²) >= 11 is 0. The highest BCUT2D eigenvalue weighted by atomic mass is 31.2. The molecule has 5 aromatic rings. The lowest BCUT2D eigenvalue weighted by Crippen LogP contribution is -2.22. The standard InChI is InChI=1S/C28H27FN5OP/c1-17-21(10-11-25(32-17)36(4,5)35)26-22-15-23-18(16-31-33-23)14-24(22)34(20-8-6-19(29)7-9-20)27(26)28(2,3)12-13-30/h6-11,14-16H,12H2,1-5H3,(H,31,33). The van der Waals surface area contributed by atoms with E-state index in [2.05, 4.69) is 33.0 Å². The molecule has 0 unspecified atom stereocenters. The molecule has 3 aromatic heterocycles. The summed E-state index contributed by atoms with van der Waals surface area (Å²) in [6.07, 6.45) is 2.05. The number of hydrogen-bond acceptors (Lipinski definition) is 4. The van der Waals surface area contributed by atoms with Gasteiger partial charge in [-0.1, -0.05) is 19.9 Å². The molecule has 36 heavy (non-hydrogen) atoms. The average molecular weight is 500 g/mol. The maximum Gasteiger partial charge on any atom is 0.127 e. The van der Waals surface area contributed by atoms with Crippen LogP contribution in [0.3, 0.4) is 0 Å². The maximum absolute atomic E-state index is 13.9. The zero-order chi connectivity index (χ0) is 25.8. The van der Waals surface area contributed by atoms with Gasteiger partial charge in [-0.05, 0) is 62.7 Å². The summed E-state index contributed by atoms with van der Waals surface area (Å²) in [5.74, 6) is -0.315. The van der Waals surface area contributed by atoms with Crippen LogP contribution in [0.1, 0.15) is 31.7 Å². The van der Waals surface area contributed by atoms with Gasteiger partial charge in [0.1, 0.15) is 13.0 Å². The van der Waals surface area contributed by atoms with Crippen molar-refractivity contribution in [3.8, 4) is 22.9 Å². The second-order valence-corrected chi connectivity index (χ2v) is 13.4. The van der Waals surface area contributed by atoms with Crippen LogP contribution >= 0.6 is 7.14 Å². The van der Waals surface area contributed by atoms with Gasteiger partial charge in [-0.3, -0.25) is 5.10 Å². The first-order chi connectivity index (χ1) is 17.0. The third kappa shape index (κ3) is 3.92. The first kappa shape index (κ1) is 24.0. The fraction of sp³-hybridized carbons (Fsp3) is 0.250. The second-order valence-electron chi connectivity index (χ2n) is 10.2. The normalized spacial score (nSPS) is 12.4. The summed E-state index contributed by atoms with van der Waals surface area (Å²) < 4.78 is 28.7. The summed E-state index contributed by atoms with van der Waals surface area (Å²) in [7, 11) is -2.54. The first-order valence-electron chi connectivity index (χ1n) is 11.7. The molecule has 0 saturated carbocycles. The molecule has 0 aliphatic rings. The number of nitriles is 1. The van der Waals surface area contributed by atoms with E-state index in [0.717, 1.165) is 50.0 Å². The summed E-state index contributed by atoms with van der Waals surface area (Å²) in [6.45, 7) is 9.44. The monoisotopic (exact) mass is 499 g/mol. The van der Waals surface area contributed by atoms with Crippen LogP contribution in [-0.2, 0) is 9.98 Å². The molecular weight excluding hydrogens is 472 g/mol. The van der Waals surface area contributed by atoms with Gasteiger partial charge >= 0.3 is 0 Å². The van der Waals surface area contributed by atoms with Crippen LogP contribution in [0, 0.1) is 24.1 Å². The predicted octanol–water partition coefficient (Wildman–Crippen LogP) is 6.46. The van der Waals surface area contributed by atoms with Crippen molar-refractivity contribution >= 4 is 34.4 Å². The fourth-order valence-electron chi connectivity index (χ4n) is 4.89. The molecule has 182 valence electrons. The van der Waals surface area contributed by atoms with Crippen LogP contribution in [0.5, 0.6) is 0 Å². The number of aromatic amines is 1. The number of pyridine rings is 1. The third-order valence-electron chi connectivity index (χ3n) is 6.67. The van der Waals surface area contributed by atoms with E-state index < -0.39 is 12.6 Å². The van der Waals surface area contributed by atoms with Gasteiger partial charge in [-0.15, -0.1) is 0 Å². The Morgan fingerprint density at radius 3 is 2.50 bits per heavy atom. The Morgan fingerprint density at radius 1 is 1.14 bits per heavy atom. The lowest BCUT2D eigenvalue weighted by Gasteiger charge is -2.27. The van der Waals surface area contributed by atoms with Gasteiger partial charge in [0, 0.05) is 50.8 Å². The van der Waals surface area contributed by atoms with Gasteiger partial charge < -0.3 is 9.13 Å². The van der Waals surface area contributed by atoms with E-state index in [-0.39, 0.29) is 12.2 Å². The zero-order valence-corrected chi connectivity index (χ0v) is 21.8. The SMILES string of the molecule is Cc1nc(P(C)(C)=O)ccc1-c1c(C(C)(C)CC#N)n(-c2ccc(F)cc2)c2cc3cn[nH]c3cc12. The fourth-order valence-corrected chi connectivity index (χ4v) is 5.71. The Hall–Kier alpha value is -3.75. The minimum Gasteiger partial charge on any atom is -0.318 e. The molecule has 0 spiro atoms. The molecule has 0 saturated heterocycles. The first-order valence-corrected chi connectivity index (χ1v) is 14.3. The van der Waals surface area contributed by atoms with Crippen molar-refractivity contribution in [3.63, 3.8) is 0 Å². The Bertz CT molecular complexity index is 1720. The molecule has 0 fully saturated rings. The van der Waals surface area contributed by atoms with Crippen LogP contribution in [-0.4, -0.2) is 33.1 Å². The van der Waals surface area contributed by atoms with Gasteiger partial charge in [-0.2, -0.15) is 10.4 Å². The molecule has 1 N–H and O–H groups in total. The van der Waals surface area contributed by atoms with E-state index in [9.17, 15) is 14.2 Å². The third-order valence-corrected chi connectivity index (χ3v) is 8.02. The Morgan fingerprint density at radius 2 is 1.86 bits per heavy atom. The highest BCUT2D eigenvalue weighted by Gasteiger charge is 2.33. The van der Waals surface area contributed by atoms with Crippen molar-refractivity contribution in [2.75, 3.05) is 13.3 Å². The topological polar surface area (TPSA) is 87.4 Å². The zero-order valence-electron chi connectivity index (χ0n) is 20.9. The number of halogens is 1. The van der Waals surface area contributed by atoms with Gasteiger partial charge in [0.05, 0.1) is 28.7 Å². The van der Waals surface area contributed by atoms with Gasteiger partial charge in [-0.25, -0.2) is 9.37 Å². The van der Waals surface area contributed by atoms with Crippen LogP contribution in [0.15, 0.2) is 54.7 Å². The molecule has 0 bridgehead atoms. The summed E-state index contributed by atoms with van der Waals surface area (Å²) in [6, 6.07) is 16.7. The van der Waals surface area contributed by atoms with E-state index in [4.69, 9.17) is 4.98 Å². The largest absolute Gasteiger partial charge is 0.318 e. The van der Waals surface area contributed by atoms with Crippen molar-refractivity contribution in [2.24, 2.45) is 0 Å². The van der Waals surface area contributed by atoms with Gasteiger partial charge in [0.25, 0.3) is 0 Å². The molecule has 3 heterocycles. The average Bonchev–Trinajstić information content (AvgIpc) is 3.39. The van der Waals surface area contributed by atoms with Crippen molar-refractivity contribution in [2.45, 2.75) is 32.6 Å². The molecule has 6 nitrogen and oxygen atoms in total. The minimum atomic E-state index is -2.54. The number of hydrogen-bond donors (Lipinski definition) is 1. The Kier molecular flexibility index (Phi) is 5.61. The highest BCUT2D eigenvalue weighted by Crippen LogP contribution is 2.46. The Labute approximate surface area is 209 Å². The Balaban J connectivity index is 1.97. The highest BCUT2D eigenvalue weighted by molar-refractivity contribution is 7.69. The minimum absolute atomic E-state index is 0.278. The predicted molar refractivity (Wildman–Crippen MR) is 143 cm³/mol. The quantitative estimate of drug-likeness (QED) is 0.281. The number of benzene rings is 2. The number of aryl methyl sites for hydroxylation is 1. The molecule has 8 heteroatoms. The number of fused-ring (bicyclic) bond motifs is 2. The van der Waals surface area contributed by atoms with Crippen molar-refractivity contribution in [1.82, 2.24) is 19.7 Å². The second kappa shape index (κ2) is 8.43. The van der Waals surface area contributed by atoms with E-state index in [0.29, 0.717) is 5.44 Å². The molecule has 2 aromatic carbocycles. The number of nitrogens with zero attached hydrogens (tertiary/aromatic N) is 4. The van der Waals surface area contributed by atoms with Crippen LogP contribution in [0.4, 0.5) is 4.39 Å². The van der Waals surface area contributed by atoms with E-state index in [1.807, 2.05) is 32.9 Å². The van der Waals surface area contributed by atoms with E-state index in [1.54, 1.807) is 31.7 Å². The van der Waals surface area contributed by atoms with Crippen molar-refractivity contribution < 1.29 is 8.96 Å². The van der Waals surface area contributed by atoms with E-state index >= 15 is 0 Å². The number of aromatic nitrogens is 4. The maximum atomic E-state index is 13.9. The lowest BCUT2D eigenvalue weighted by atomic mass is 9.81. The number of H-pyrrole nitrogens is 1. The van der Waals surface area contributed by atoms with Gasteiger partial charge in [0.2, 0.25) is 0 Å². The molecule has 0 atom stereocenters. The smallest absolute Gasteiger partial charge is 0.127 e. The van der Waals surface area contributed by atoms with E-state index in [1.165, 1.54) is 12.1 Å². The molecule has 0 aliphatic carbocycles. The molecular formula is C28H27FN5OP. The molecule has 0 amide bonds. The van der Waals surface area contributed by atoms with Crippen LogP contribution < -0.4 is 5.44 Å². The van der Waals surface area contributed by atoms with Crippen LogP contribution in [0.25, 0.3) is 38.6 Å². The molecule has 0 aliphatic heterocycles. The summed E-state index contributed by atoms with van der Waals surface area (Å²) in [5.41, 5.74) is 6.17. The molecule has 5 rings (SSSR count).